The Bertz CT molecular complexity index is 1150. The summed E-state index contributed by atoms with van der Waals surface area (Å²) < 4.78 is 90.1. The highest BCUT2D eigenvalue weighted by Gasteiger charge is 2.38. The van der Waals surface area contributed by atoms with Crippen molar-refractivity contribution < 1.29 is 45.6 Å². The maximum absolute atomic E-state index is 14.1. The molecule has 178 valence electrons. The van der Waals surface area contributed by atoms with Crippen LogP contribution >= 0.6 is 0 Å². The molecule has 1 aromatic heterocycles. The predicted octanol–water partition coefficient (Wildman–Crippen LogP) is 6.06. The van der Waals surface area contributed by atoms with E-state index in [1.807, 2.05) is 0 Å². The van der Waals surface area contributed by atoms with Gasteiger partial charge in [0.1, 0.15) is 16.8 Å². The molecule has 0 fully saturated rings. The fourth-order valence-electron chi connectivity index (χ4n) is 3.42. The summed E-state index contributed by atoms with van der Waals surface area (Å²) in [6.07, 6.45) is -9.89. The van der Waals surface area contributed by atoms with Crippen LogP contribution in [0.3, 0.4) is 0 Å². The Hall–Kier alpha value is -3.31. The number of rotatable bonds is 7. The number of nitrogens with zero attached hydrogens (tertiary/aromatic N) is 2. The van der Waals surface area contributed by atoms with Crippen LogP contribution in [0.2, 0.25) is 0 Å². The van der Waals surface area contributed by atoms with Crippen LogP contribution in [0.15, 0.2) is 35.0 Å². The monoisotopic (exact) mass is 476 g/mol. The Labute approximate surface area is 183 Å². The van der Waals surface area contributed by atoms with Gasteiger partial charge in [-0.1, -0.05) is 19.9 Å². The second kappa shape index (κ2) is 8.91. The number of fused-ring (bicyclic) bond motifs is 1. The van der Waals surface area contributed by atoms with Crippen molar-refractivity contribution in [3.63, 3.8) is 0 Å². The van der Waals surface area contributed by atoms with Crippen molar-refractivity contribution >= 4 is 17.0 Å². The average Bonchev–Trinajstić information content (AvgIpc) is 3.16. The van der Waals surface area contributed by atoms with Crippen molar-refractivity contribution in [2.45, 2.75) is 38.5 Å². The van der Waals surface area contributed by atoms with Crippen LogP contribution < -0.4 is 4.74 Å². The van der Waals surface area contributed by atoms with Gasteiger partial charge in [0.25, 0.3) is 0 Å². The third kappa shape index (κ3) is 5.74. The van der Waals surface area contributed by atoms with Crippen molar-refractivity contribution in [2.75, 3.05) is 6.61 Å². The minimum atomic E-state index is -5.03. The van der Waals surface area contributed by atoms with E-state index in [-0.39, 0.29) is 34.5 Å². The summed E-state index contributed by atoms with van der Waals surface area (Å²) in [5, 5.41) is 16.7. The summed E-state index contributed by atoms with van der Waals surface area (Å²) >= 11 is 0. The molecule has 0 aliphatic heterocycles. The molecule has 0 saturated heterocycles. The first-order chi connectivity index (χ1) is 15.3. The third-order valence-electron chi connectivity index (χ3n) is 4.77. The lowest BCUT2D eigenvalue weighted by Gasteiger charge is -2.23. The third-order valence-corrected chi connectivity index (χ3v) is 4.77. The van der Waals surface area contributed by atoms with Crippen LogP contribution in [0.4, 0.5) is 26.3 Å². The average molecular weight is 476 g/mol. The summed E-state index contributed by atoms with van der Waals surface area (Å²) in [6, 6.07) is 5.23. The quantitative estimate of drug-likeness (QED) is 0.417. The summed E-state index contributed by atoms with van der Waals surface area (Å²) in [4.78, 5) is 11.8. The number of halogens is 6. The highest BCUT2D eigenvalue weighted by Crippen LogP contribution is 2.45. The van der Waals surface area contributed by atoms with Gasteiger partial charge in [-0.15, -0.1) is 0 Å². The van der Waals surface area contributed by atoms with Gasteiger partial charge in [0.05, 0.1) is 11.5 Å². The number of aliphatic carboxylic acids is 1. The maximum atomic E-state index is 14.1. The van der Waals surface area contributed by atoms with E-state index < -0.39 is 47.7 Å². The minimum absolute atomic E-state index is 0.0265. The molecule has 3 aromatic rings. The van der Waals surface area contributed by atoms with Crippen molar-refractivity contribution in [3.05, 3.63) is 41.5 Å². The van der Waals surface area contributed by atoms with Crippen molar-refractivity contribution in [3.8, 4) is 16.9 Å². The molecular weight excluding hydrogens is 458 g/mol. The van der Waals surface area contributed by atoms with Crippen molar-refractivity contribution in [2.24, 2.45) is 5.92 Å². The Balaban J connectivity index is 2.29. The maximum Gasteiger partial charge on any atom is 0.422 e. The van der Waals surface area contributed by atoms with Gasteiger partial charge in [-0.3, -0.25) is 4.79 Å². The van der Waals surface area contributed by atoms with Gasteiger partial charge in [-0.2, -0.15) is 26.3 Å². The highest BCUT2D eigenvalue weighted by molar-refractivity contribution is 5.85. The van der Waals surface area contributed by atoms with Crippen LogP contribution in [0, 0.1) is 5.92 Å². The molecule has 0 radical (unpaired) electrons. The van der Waals surface area contributed by atoms with E-state index in [0.29, 0.717) is 6.07 Å². The number of carboxylic acids is 1. The molecule has 1 unspecified atom stereocenters. The molecule has 33 heavy (non-hydrogen) atoms. The van der Waals surface area contributed by atoms with Crippen LogP contribution in [0.25, 0.3) is 22.2 Å². The van der Waals surface area contributed by atoms with E-state index in [0.717, 1.165) is 6.07 Å². The van der Waals surface area contributed by atoms with Gasteiger partial charge in [0.2, 0.25) is 0 Å². The number of aromatic nitrogens is 2. The zero-order valence-corrected chi connectivity index (χ0v) is 17.3. The Morgan fingerprint density at radius 2 is 1.73 bits per heavy atom. The van der Waals surface area contributed by atoms with Gasteiger partial charge in [0.15, 0.2) is 6.61 Å². The first-order valence-electron chi connectivity index (χ1n) is 9.66. The number of hydrogen-bond acceptors (Lipinski definition) is 5. The molecule has 0 aliphatic rings. The summed E-state index contributed by atoms with van der Waals surface area (Å²) in [7, 11) is 0. The van der Waals surface area contributed by atoms with E-state index in [9.17, 15) is 36.2 Å². The highest BCUT2D eigenvalue weighted by atomic mass is 19.4. The lowest BCUT2D eigenvalue weighted by Crippen LogP contribution is -2.21. The zero-order chi connectivity index (χ0) is 24.6. The van der Waals surface area contributed by atoms with Gasteiger partial charge in [-0.25, -0.2) is 4.63 Å². The molecule has 0 spiro atoms. The minimum Gasteiger partial charge on any atom is -0.483 e. The normalized spacial score (nSPS) is 13.5. The second-order valence-electron chi connectivity index (χ2n) is 7.83. The predicted molar refractivity (Wildman–Crippen MR) is 104 cm³/mol. The molecule has 3 rings (SSSR count). The summed E-state index contributed by atoms with van der Waals surface area (Å²) in [6.45, 7) is 1.49. The van der Waals surface area contributed by atoms with Gasteiger partial charge < -0.3 is 9.84 Å². The number of ether oxygens (including phenoxy) is 1. The molecule has 0 aliphatic carbocycles. The van der Waals surface area contributed by atoms with Crippen molar-refractivity contribution in [1.29, 1.82) is 0 Å². The molecule has 1 atom stereocenters. The molecule has 0 saturated carbocycles. The largest absolute Gasteiger partial charge is 0.483 e. The van der Waals surface area contributed by atoms with Crippen LogP contribution in [0.1, 0.15) is 37.3 Å². The number of hydrogen-bond donors (Lipinski definition) is 1. The molecule has 1 heterocycles. The Morgan fingerprint density at radius 3 is 2.30 bits per heavy atom. The molecular formula is C21H18F6N2O4. The van der Waals surface area contributed by atoms with E-state index in [1.54, 1.807) is 13.8 Å². The van der Waals surface area contributed by atoms with Gasteiger partial charge in [-0.05, 0) is 58.0 Å². The lowest BCUT2D eigenvalue weighted by molar-refractivity contribution is -0.153. The summed E-state index contributed by atoms with van der Waals surface area (Å²) in [5.74, 6) is -3.73. The van der Waals surface area contributed by atoms with Crippen LogP contribution in [-0.4, -0.2) is 34.2 Å². The van der Waals surface area contributed by atoms with Crippen LogP contribution in [0.5, 0.6) is 5.75 Å². The van der Waals surface area contributed by atoms with E-state index >= 15 is 0 Å². The van der Waals surface area contributed by atoms with E-state index in [2.05, 4.69) is 14.9 Å². The smallest absolute Gasteiger partial charge is 0.422 e. The van der Waals surface area contributed by atoms with E-state index in [1.165, 1.54) is 18.2 Å². The standard InChI is InChI=1S/C21H18F6N2O4/c1-10(2)5-13(19(30)31)12-6-14(21(25,26)27)18(17(8-12)32-9-20(22,23)24)11-3-4-15-16(7-11)29-33-28-15/h3-4,6-8,10,13H,5,9H2,1-2H3,(H,30,31). The number of carboxylic acid groups (broad SMARTS) is 1. The number of benzene rings is 2. The van der Waals surface area contributed by atoms with Crippen molar-refractivity contribution in [1.82, 2.24) is 10.3 Å². The van der Waals surface area contributed by atoms with Crippen LogP contribution in [-0.2, 0) is 11.0 Å². The number of alkyl halides is 6. The Morgan fingerprint density at radius 1 is 1.06 bits per heavy atom. The van der Waals surface area contributed by atoms with Gasteiger partial charge in [0, 0.05) is 5.56 Å². The first-order valence-corrected chi connectivity index (χ1v) is 9.66. The summed E-state index contributed by atoms with van der Waals surface area (Å²) in [5.41, 5.74) is -2.16. The SMILES string of the molecule is CC(C)CC(C(=O)O)c1cc(OCC(F)(F)F)c(-c2ccc3nonc3c2)c(C(F)(F)F)c1. The zero-order valence-electron chi connectivity index (χ0n) is 17.3. The fourth-order valence-corrected chi connectivity index (χ4v) is 3.42. The molecule has 0 amide bonds. The molecule has 2 aromatic carbocycles. The number of carbonyl (C=O) groups is 1. The van der Waals surface area contributed by atoms with Gasteiger partial charge >= 0.3 is 18.3 Å². The molecule has 6 nitrogen and oxygen atoms in total. The fraction of sp³-hybridized carbons (Fsp3) is 0.381. The molecule has 1 N–H and O–H groups in total. The topological polar surface area (TPSA) is 85.5 Å². The molecule has 12 heteroatoms. The molecule has 0 bridgehead atoms. The first kappa shape index (κ1) is 24.3. The van der Waals surface area contributed by atoms with E-state index in [4.69, 9.17) is 4.74 Å². The lowest BCUT2D eigenvalue weighted by atomic mass is 9.86. The second-order valence-corrected chi connectivity index (χ2v) is 7.83. The Kier molecular flexibility index (Phi) is 6.57.